The van der Waals surface area contributed by atoms with E-state index in [1.807, 2.05) is 98.8 Å². The zero-order chi connectivity index (χ0) is 33.7. The van der Waals surface area contributed by atoms with E-state index in [1.54, 1.807) is 23.5 Å². The van der Waals surface area contributed by atoms with E-state index in [9.17, 15) is 9.59 Å². The van der Waals surface area contributed by atoms with Gasteiger partial charge in [0.05, 0.1) is 6.10 Å². The first-order chi connectivity index (χ1) is 24.0. The smallest absolute Gasteiger partial charge is 0.196 e. The summed E-state index contributed by atoms with van der Waals surface area (Å²) in [6.45, 7) is 3.88. The molecule has 2 aliphatic heterocycles. The van der Waals surface area contributed by atoms with Gasteiger partial charge < -0.3 is 4.74 Å². The predicted molar refractivity (Wildman–Crippen MR) is 199 cm³/mol. The minimum atomic E-state index is -0.538. The third-order valence-electron chi connectivity index (χ3n) is 8.68. The highest BCUT2D eigenvalue weighted by atomic mass is 32.2. The van der Waals surface area contributed by atoms with Crippen molar-refractivity contribution in [2.24, 2.45) is 0 Å². The van der Waals surface area contributed by atoms with Crippen LogP contribution in [0.3, 0.4) is 0 Å². The van der Waals surface area contributed by atoms with Crippen LogP contribution in [0, 0.1) is 0 Å². The van der Waals surface area contributed by atoms with Gasteiger partial charge in [-0.15, -0.1) is 0 Å². The minimum Gasteiger partial charge on any atom is -0.363 e. The maximum absolute atomic E-state index is 13.8. The lowest BCUT2D eigenvalue weighted by molar-refractivity contribution is 0.0114. The number of Topliss-reactive ketones (excluding diaryl/α,β-unsaturated/α-hetero) is 1. The van der Waals surface area contributed by atoms with Gasteiger partial charge in [0.2, 0.25) is 0 Å². The van der Waals surface area contributed by atoms with Gasteiger partial charge >= 0.3 is 0 Å². The molecule has 0 radical (unpaired) electrons. The molecule has 0 fully saturated rings. The predicted octanol–water partition coefficient (Wildman–Crippen LogP) is 11.1. The molecule has 0 saturated carbocycles. The van der Waals surface area contributed by atoms with Gasteiger partial charge in [0.15, 0.2) is 11.6 Å². The van der Waals surface area contributed by atoms with Crippen molar-refractivity contribution in [3.63, 3.8) is 0 Å². The molecule has 242 valence electrons. The third-order valence-corrected chi connectivity index (χ3v) is 11.1. The normalized spacial score (nSPS) is 13.1. The van der Waals surface area contributed by atoms with Crippen molar-refractivity contribution in [2.45, 2.75) is 58.5 Å². The van der Waals surface area contributed by atoms with Gasteiger partial charge in [-0.2, -0.15) is 0 Å². The van der Waals surface area contributed by atoms with Crippen molar-refractivity contribution < 1.29 is 14.3 Å². The van der Waals surface area contributed by atoms with E-state index < -0.39 is 6.10 Å². The number of hydrogen-bond acceptors (Lipinski definition) is 5. The molecule has 0 aromatic heterocycles. The fraction of sp³-hybridized carbons (Fsp3) is 0.136. The van der Waals surface area contributed by atoms with Crippen LogP contribution in [0.25, 0.3) is 0 Å². The van der Waals surface area contributed by atoms with Gasteiger partial charge in [0.25, 0.3) is 0 Å². The Labute approximate surface area is 296 Å². The highest BCUT2D eigenvalue weighted by molar-refractivity contribution is 7.99. The van der Waals surface area contributed by atoms with Crippen molar-refractivity contribution in [3.05, 3.63) is 190 Å². The monoisotopic (exact) mass is 676 g/mol. The molecule has 3 nitrogen and oxygen atoms in total. The van der Waals surface area contributed by atoms with Crippen LogP contribution < -0.4 is 0 Å². The second-order valence-corrected chi connectivity index (χ2v) is 14.5. The van der Waals surface area contributed by atoms with Crippen LogP contribution in [0.4, 0.5) is 0 Å². The van der Waals surface area contributed by atoms with E-state index >= 15 is 0 Å². The van der Waals surface area contributed by atoms with Crippen LogP contribution in [0.1, 0.15) is 74.0 Å². The zero-order valence-corrected chi connectivity index (χ0v) is 29.1. The molecule has 0 bridgehead atoms. The molecule has 6 aromatic rings. The lowest BCUT2D eigenvalue weighted by atomic mass is 9.90. The Balaban J connectivity index is 0.000000172. The Morgan fingerprint density at radius 2 is 0.980 bits per heavy atom. The van der Waals surface area contributed by atoms with Gasteiger partial charge in [0, 0.05) is 49.1 Å². The Morgan fingerprint density at radius 1 is 0.531 bits per heavy atom. The van der Waals surface area contributed by atoms with Crippen LogP contribution in [-0.4, -0.2) is 17.7 Å². The van der Waals surface area contributed by atoms with Crippen LogP contribution in [0.5, 0.6) is 0 Å². The SMILES string of the molecule is CC(C)OC(C(=O)c1ccccc1)c1ccccc1.O=C(c1cccc2c1Cc1ccccc1S2)c1cccc2c1Cc1ccccc1S2. The number of benzene rings is 6. The van der Waals surface area contributed by atoms with Crippen molar-refractivity contribution in [1.82, 2.24) is 0 Å². The number of hydrogen-bond donors (Lipinski definition) is 0. The van der Waals surface area contributed by atoms with Crippen molar-refractivity contribution in [2.75, 3.05) is 0 Å². The average Bonchev–Trinajstić information content (AvgIpc) is 3.15. The number of rotatable bonds is 7. The van der Waals surface area contributed by atoms with Crippen LogP contribution in [0.15, 0.2) is 165 Å². The quantitative estimate of drug-likeness (QED) is 0.157. The topological polar surface area (TPSA) is 43.4 Å². The number of ether oxygens (including phenoxy) is 1. The molecule has 2 heterocycles. The molecule has 1 unspecified atom stereocenters. The Hall–Kier alpha value is -4.68. The molecule has 6 aromatic carbocycles. The third kappa shape index (κ3) is 7.20. The summed E-state index contributed by atoms with van der Waals surface area (Å²) in [7, 11) is 0. The standard InChI is InChI=1S/C27H18OS2.C17H18O2/c28-27(19-9-5-13-25-21(19)15-17-7-1-3-11-23(17)29-25)20-10-6-14-26-22(20)16-18-8-2-4-12-24(18)30-26;1-13(2)19-17(15-11-7-4-8-12-15)16(18)14-9-5-3-6-10-14/h1-14H,15-16H2;3-13,17H,1-2H3. The summed E-state index contributed by atoms with van der Waals surface area (Å²) in [5.41, 5.74) is 8.17. The molecule has 0 N–H and O–H groups in total. The molecule has 0 spiro atoms. The fourth-order valence-corrected chi connectivity index (χ4v) is 8.53. The Kier molecular flexibility index (Phi) is 9.94. The van der Waals surface area contributed by atoms with Gasteiger partial charge in [-0.1, -0.05) is 145 Å². The first-order valence-corrected chi connectivity index (χ1v) is 18.2. The second kappa shape index (κ2) is 14.8. The molecule has 2 aliphatic rings. The number of carbonyl (C=O) groups is 2. The van der Waals surface area contributed by atoms with Crippen LogP contribution >= 0.6 is 23.5 Å². The van der Waals surface area contributed by atoms with E-state index in [-0.39, 0.29) is 17.7 Å². The summed E-state index contributed by atoms with van der Waals surface area (Å²) in [4.78, 5) is 31.3. The second-order valence-electron chi connectivity index (χ2n) is 12.4. The molecular formula is C44H36O3S2. The fourth-order valence-electron chi connectivity index (χ4n) is 6.32. The van der Waals surface area contributed by atoms with E-state index in [0.717, 1.165) is 40.7 Å². The largest absolute Gasteiger partial charge is 0.363 e. The maximum Gasteiger partial charge on any atom is 0.196 e. The highest BCUT2D eigenvalue weighted by Crippen LogP contribution is 2.43. The minimum absolute atomic E-state index is 0.000463. The molecule has 8 rings (SSSR count). The summed E-state index contributed by atoms with van der Waals surface area (Å²) in [6.07, 6.45) is 1.08. The zero-order valence-electron chi connectivity index (χ0n) is 27.5. The van der Waals surface area contributed by atoms with Crippen molar-refractivity contribution >= 4 is 35.1 Å². The molecule has 5 heteroatoms. The Morgan fingerprint density at radius 3 is 1.49 bits per heavy atom. The first-order valence-electron chi connectivity index (χ1n) is 16.6. The summed E-state index contributed by atoms with van der Waals surface area (Å²) in [5.74, 6) is 0.143. The van der Waals surface area contributed by atoms with Crippen molar-refractivity contribution in [3.8, 4) is 0 Å². The molecule has 49 heavy (non-hydrogen) atoms. The van der Waals surface area contributed by atoms with Gasteiger partial charge in [-0.05, 0) is 65.9 Å². The summed E-state index contributed by atoms with van der Waals surface area (Å²) < 4.78 is 5.80. The van der Waals surface area contributed by atoms with Crippen LogP contribution in [-0.2, 0) is 17.6 Å². The maximum atomic E-state index is 13.8. The van der Waals surface area contributed by atoms with Gasteiger partial charge in [0.1, 0.15) is 6.10 Å². The van der Waals surface area contributed by atoms with Gasteiger partial charge in [-0.3, -0.25) is 9.59 Å². The number of fused-ring (bicyclic) bond motifs is 4. The molecular weight excluding hydrogens is 641 g/mol. The average molecular weight is 677 g/mol. The Bertz CT molecular complexity index is 2020. The molecule has 1 atom stereocenters. The summed E-state index contributed by atoms with van der Waals surface area (Å²) in [6, 6.07) is 48.2. The first kappa shape index (κ1) is 32.8. The van der Waals surface area contributed by atoms with Crippen LogP contribution in [0.2, 0.25) is 0 Å². The molecule has 0 saturated heterocycles. The number of ketones is 2. The summed E-state index contributed by atoms with van der Waals surface area (Å²) >= 11 is 3.54. The van der Waals surface area contributed by atoms with E-state index in [0.29, 0.717) is 5.56 Å². The van der Waals surface area contributed by atoms with E-state index in [4.69, 9.17) is 4.74 Å². The lowest BCUT2D eigenvalue weighted by Crippen LogP contribution is -2.19. The number of carbonyl (C=O) groups excluding carboxylic acids is 2. The lowest BCUT2D eigenvalue weighted by Gasteiger charge is -2.23. The molecule has 0 aliphatic carbocycles. The van der Waals surface area contributed by atoms with Crippen molar-refractivity contribution in [1.29, 1.82) is 0 Å². The van der Waals surface area contributed by atoms with Gasteiger partial charge in [-0.25, -0.2) is 0 Å². The highest BCUT2D eigenvalue weighted by Gasteiger charge is 2.27. The van der Waals surface area contributed by atoms with E-state index in [1.165, 1.54) is 30.7 Å². The summed E-state index contributed by atoms with van der Waals surface area (Å²) in [5, 5.41) is 0. The van der Waals surface area contributed by atoms with E-state index in [2.05, 4.69) is 60.7 Å². The molecule has 0 amide bonds.